The highest BCUT2D eigenvalue weighted by molar-refractivity contribution is 7.89. The average Bonchev–Trinajstić information content (AvgIpc) is 2.39. The largest absolute Gasteiger partial charge is 0.396 e. The van der Waals surface area contributed by atoms with Crippen molar-refractivity contribution in [1.82, 2.24) is 4.72 Å². The molecule has 0 aliphatic rings. The fraction of sp³-hybridized carbons (Fsp3) is 0.417. The van der Waals surface area contributed by atoms with E-state index < -0.39 is 16.1 Å². The van der Waals surface area contributed by atoms with Crippen molar-refractivity contribution in [2.45, 2.75) is 17.4 Å². The summed E-state index contributed by atoms with van der Waals surface area (Å²) in [4.78, 5) is 0.0191. The van der Waals surface area contributed by atoms with Crippen LogP contribution >= 0.6 is 0 Å². The first-order chi connectivity index (χ1) is 9.03. The number of methoxy groups -OCH3 is 1. The molecule has 0 saturated heterocycles. The first-order valence-corrected chi connectivity index (χ1v) is 7.14. The summed E-state index contributed by atoms with van der Waals surface area (Å²) in [5, 5.41) is 17.6. The predicted octanol–water partition coefficient (Wildman–Crippen LogP) is 0.234. The number of nitrogens with one attached hydrogen (secondary N) is 1. The van der Waals surface area contributed by atoms with E-state index in [9.17, 15) is 8.42 Å². The first kappa shape index (κ1) is 15.6. The van der Waals surface area contributed by atoms with Crippen molar-refractivity contribution >= 4 is 10.0 Å². The molecule has 0 aliphatic heterocycles. The van der Waals surface area contributed by atoms with E-state index in [4.69, 9.17) is 15.1 Å². The highest BCUT2D eigenvalue weighted by Crippen LogP contribution is 2.12. The van der Waals surface area contributed by atoms with Gasteiger partial charge in [0.15, 0.2) is 0 Å². The Bertz CT molecular complexity index is 545. The number of nitriles is 1. The minimum absolute atomic E-state index is 0.0191. The molecule has 104 valence electrons. The molecule has 1 aromatic carbocycles. The number of aliphatic hydroxyl groups is 1. The molecule has 7 heteroatoms. The Labute approximate surface area is 112 Å². The Morgan fingerprint density at radius 3 is 2.84 bits per heavy atom. The van der Waals surface area contributed by atoms with Crippen molar-refractivity contribution in [2.24, 2.45) is 0 Å². The van der Waals surface area contributed by atoms with Crippen LogP contribution in [-0.2, 0) is 14.8 Å². The first-order valence-electron chi connectivity index (χ1n) is 5.65. The summed E-state index contributed by atoms with van der Waals surface area (Å²) in [7, 11) is -2.28. The number of hydrogen-bond donors (Lipinski definition) is 2. The molecule has 0 aliphatic carbocycles. The maximum absolute atomic E-state index is 12.1. The molecular weight excluding hydrogens is 268 g/mol. The Morgan fingerprint density at radius 1 is 1.53 bits per heavy atom. The molecule has 19 heavy (non-hydrogen) atoms. The molecule has 1 unspecified atom stereocenters. The third-order valence-corrected chi connectivity index (χ3v) is 3.96. The van der Waals surface area contributed by atoms with E-state index in [1.165, 1.54) is 31.4 Å². The Kier molecular flexibility index (Phi) is 5.92. The third-order valence-electron chi connectivity index (χ3n) is 2.44. The van der Waals surface area contributed by atoms with Gasteiger partial charge in [-0.1, -0.05) is 6.07 Å². The smallest absolute Gasteiger partial charge is 0.240 e. The van der Waals surface area contributed by atoms with Crippen molar-refractivity contribution in [2.75, 3.05) is 20.3 Å². The maximum Gasteiger partial charge on any atom is 0.240 e. The van der Waals surface area contributed by atoms with Gasteiger partial charge >= 0.3 is 0 Å². The van der Waals surface area contributed by atoms with Gasteiger partial charge in [-0.15, -0.1) is 0 Å². The summed E-state index contributed by atoms with van der Waals surface area (Å²) in [5.74, 6) is 0. The second-order valence-corrected chi connectivity index (χ2v) is 5.64. The molecule has 1 atom stereocenters. The van der Waals surface area contributed by atoms with E-state index in [-0.39, 0.29) is 30.1 Å². The van der Waals surface area contributed by atoms with Crippen LogP contribution < -0.4 is 4.72 Å². The van der Waals surface area contributed by atoms with Crippen LogP contribution in [0.2, 0.25) is 0 Å². The zero-order valence-corrected chi connectivity index (χ0v) is 11.4. The molecule has 2 N–H and O–H groups in total. The van der Waals surface area contributed by atoms with E-state index in [2.05, 4.69) is 4.72 Å². The number of nitrogens with zero attached hydrogens (tertiary/aromatic N) is 1. The van der Waals surface area contributed by atoms with Crippen LogP contribution in [0.5, 0.6) is 0 Å². The molecule has 0 fully saturated rings. The van der Waals surface area contributed by atoms with Crippen LogP contribution in [0.3, 0.4) is 0 Å². The lowest BCUT2D eigenvalue weighted by Crippen LogP contribution is -2.38. The lowest BCUT2D eigenvalue weighted by Gasteiger charge is -2.17. The molecule has 0 amide bonds. The van der Waals surface area contributed by atoms with Crippen LogP contribution in [0.25, 0.3) is 0 Å². The Balaban J connectivity index is 2.93. The summed E-state index contributed by atoms with van der Waals surface area (Å²) in [6, 6.07) is 7.11. The van der Waals surface area contributed by atoms with E-state index in [0.717, 1.165) is 0 Å². The van der Waals surface area contributed by atoms with Gasteiger partial charge in [-0.2, -0.15) is 5.26 Å². The molecule has 0 saturated carbocycles. The van der Waals surface area contributed by atoms with E-state index in [1.807, 2.05) is 6.07 Å². The van der Waals surface area contributed by atoms with Crippen molar-refractivity contribution in [3.63, 3.8) is 0 Å². The van der Waals surface area contributed by atoms with Crippen molar-refractivity contribution in [3.8, 4) is 6.07 Å². The monoisotopic (exact) mass is 284 g/mol. The quantitative estimate of drug-likeness (QED) is 0.747. The van der Waals surface area contributed by atoms with Gasteiger partial charge in [0.2, 0.25) is 10.0 Å². The fourth-order valence-corrected chi connectivity index (χ4v) is 2.85. The van der Waals surface area contributed by atoms with Gasteiger partial charge in [-0.25, -0.2) is 13.1 Å². The van der Waals surface area contributed by atoms with E-state index >= 15 is 0 Å². The molecule has 6 nitrogen and oxygen atoms in total. The van der Waals surface area contributed by atoms with Gasteiger partial charge in [0.25, 0.3) is 0 Å². The lowest BCUT2D eigenvalue weighted by atomic mass is 10.2. The summed E-state index contributed by atoms with van der Waals surface area (Å²) in [5.41, 5.74) is 0.272. The van der Waals surface area contributed by atoms with E-state index in [0.29, 0.717) is 0 Å². The number of ether oxygens (including phenoxy) is 1. The van der Waals surface area contributed by atoms with Gasteiger partial charge in [0, 0.05) is 19.8 Å². The fourth-order valence-electron chi connectivity index (χ4n) is 1.55. The summed E-state index contributed by atoms with van der Waals surface area (Å²) in [6.45, 7) is 0.0203. The molecule has 0 bridgehead atoms. The minimum atomic E-state index is -3.73. The highest BCUT2D eigenvalue weighted by atomic mass is 32.2. The van der Waals surface area contributed by atoms with Crippen molar-refractivity contribution in [3.05, 3.63) is 29.8 Å². The lowest BCUT2D eigenvalue weighted by molar-refractivity contribution is 0.158. The van der Waals surface area contributed by atoms with Crippen molar-refractivity contribution in [1.29, 1.82) is 5.26 Å². The van der Waals surface area contributed by atoms with Crippen molar-refractivity contribution < 1.29 is 18.3 Å². The summed E-state index contributed by atoms with van der Waals surface area (Å²) < 4.78 is 31.5. The SMILES string of the molecule is COCC(CCO)NS(=O)(=O)c1cccc(C#N)c1. The second-order valence-electron chi connectivity index (χ2n) is 3.93. The minimum Gasteiger partial charge on any atom is -0.396 e. The van der Waals surface area contributed by atoms with Crippen LogP contribution in [0, 0.1) is 11.3 Å². The number of sulfonamides is 1. The van der Waals surface area contributed by atoms with Crippen LogP contribution in [-0.4, -0.2) is 39.9 Å². The predicted molar refractivity (Wildman–Crippen MR) is 68.8 cm³/mol. The second kappa shape index (κ2) is 7.21. The van der Waals surface area contributed by atoms with E-state index in [1.54, 1.807) is 0 Å². The summed E-state index contributed by atoms with van der Waals surface area (Å²) >= 11 is 0. The number of rotatable bonds is 7. The number of aliphatic hydroxyl groups excluding tert-OH is 1. The molecule has 0 heterocycles. The van der Waals surface area contributed by atoms with Gasteiger partial charge in [0.05, 0.1) is 23.1 Å². The molecule has 0 radical (unpaired) electrons. The summed E-state index contributed by atoms with van der Waals surface area (Å²) in [6.07, 6.45) is 0.255. The van der Waals surface area contributed by atoms with Crippen LogP contribution in [0.1, 0.15) is 12.0 Å². The topological polar surface area (TPSA) is 99.4 Å². The van der Waals surface area contributed by atoms with Crippen LogP contribution in [0.15, 0.2) is 29.2 Å². The maximum atomic E-state index is 12.1. The molecule has 1 rings (SSSR count). The normalized spacial score (nSPS) is 12.9. The third kappa shape index (κ3) is 4.61. The number of hydrogen-bond acceptors (Lipinski definition) is 5. The van der Waals surface area contributed by atoms with Gasteiger partial charge in [-0.3, -0.25) is 0 Å². The molecule has 0 aromatic heterocycles. The zero-order valence-electron chi connectivity index (χ0n) is 10.5. The standard InChI is InChI=1S/C12H16N2O4S/c1-18-9-11(5-6-15)14-19(16,17)12-4-2-3-10(7-12)8-13/h2-4,7,11,14-15H,5-6,9H2,1H3. The van der Waals surface area contributed by atoms with Gasteiger partial charge < -0.3 is 9.84 Å². The Morgan fingerprint density at radius 2 is 2.26 bits per heavy atom. The highest BCUT2D eigenvalue weighted by Gasteiger charge is 2.20. The number of benzene rings is 1. The molecule has 0 spiro atoms. The Hall–Kier alpha value is -1.46. The molecule has 1 aromatic rings. The zero-order chi connectivity index (χ0) is 14.3. The van der Waals surface area contributed by atoms with Gasteiger partial charge in [-0.05, 0) is 24.6 Å². The average molecular weight is 284 g/mol. The van der Waals surface area contributed by atoms with Crippen LogP contribution in [0.4, 0.5) is 0 Å². The molecular formula is C12H16N2O4S. The van der Waals surface area contributed by atoms with Gasteiger partial charge in [0.1, 0.15) is 0 Å².